The summed E-state index contributed by atoms with van der Waals surface area (Å²) in [5, 5.41) is 7.52. The first-order valence-electron chi connectivity index (χ1n) is 8.67. The summed E-state index contributed by atoms with van der Waals surface area (Å²) >= 11 is 0. The SMILES string of the molecule is O=S(=O)(N/N=C/c1ccc(/C=N/NS(=O)(=O)c2ccccc2)cc1)c1ccccc1. The number of sulfonamides is 2. The fraction of sp³-hybridized carbons (Fsp3) is 0. The molecule has 0 radical (unpaired) electrons. The Balaban J connectivity index is 1.58. The van der Waals surface area contributed by atoms with Crippen molar-refractivity contribution in [1.82, 2.24) is 9.66 Å². The molecule has 0 atom stereocenters. The minimum Gasteiger partial charge on any atom is -0.200 e. The molecule has 0 aromatic heterocycles. The average Bonchev–Trinajstić information content (AvgIpc) is 2.76. The van der Waals surface area contributed by atoms with Crippen molar-refractivity contribution in [3.8, 4) is 0 Å². The molecule has 3 aromatic rings. The highest BCUT2D eigenvalue weighted by molar-refractivity contribution is 7.89. The van der Waals surface area contributed by atoms with Gasteiger partial charge in [0.25, 0.3) is 20.0 Å². The topological polar surface area (TPSA) is 117 Å². The molecule has 10 heteroatoms. The van der Waals surface area contributed by atoms with Gasteiger partial charge >= 0.3 is 0 Å². The quantitative estimate of drug-likeness (QED) is 0.411. The molecule has 0 aliphatic carbocycles. The standard InChI is InChI=1S/C20H18N4O4S2/c25-29(26,19-7-3-1-4-8-19)23-21-15-17-11-13-18(14-12-17)16-22-24-30(27,28)20-9-5-2-6-10-20/h1-16,23-24H/b21-15+,22-16+. The lowest BCUT2D eigenvalue weighted by Gasteiger charge is -2.03. The van der Waals surface area contributed by atoms with Gasteiger partial charge in [0.05, 0.1) is 22.2 Å². The summed E-state index contributed by atoms with van der Waals surface area (Å²) in [6.07, 6.45) is 2.72. The molecule has 0 heterocycles. The van der Waals surface area contributed by atoms with Crippen molar-refractivity contribution in [2.24, 2.45) is 10.2 Å². The summed E-state index contributed by atoms with van der Waals surface area (Å²) in [6, 6.07) is 22.6. The molecule has 3 aromatic carbocycles. The van der Waals surface area contributed by atoms with Gasteiger partial charge in [-0.1, -0.05) is 60.7 Å². The molecule has 0 aliphatic rings. The zero-order chi connectivity index (χ0) is 21.5. The van der Waals surface area contributed by atoms with Crippen LogP contribution in [0.5, 0.6) is 0 Å². The Labute approximate surface area is 175 Å². The Kier molecular flexibility index (Phi) is 6.60. The van der Waals surface area contributed by atoms with Crippen molar-refractivity contribution in [1.29, 1.82) is 0 Å². The van der Waals surface area contributed by atoms with E-state index in [1.165, 1.54) is 36.7 Å². The van der Waals surface area contributed by atoms with Gasteiger partial charge in [-0.05, 0) is 35.4 Å². The smallest absolute Gasteiger partial charge is 0.200 e. The summed E-state index contributed by atoms with van der Waals surface area (Å²) in [6.45, 7) is 0. The third kappa shape index (κ3) is 5.75. The molecular weight excluding hydrogens is 424 g/mol. The van der Waals surface area contributed by atoms with E-state index < -0.39 is 20.0 Å². The third-order valence-corrected chi connectivity index (χ3v) is 6.29. The van der Waals surface area contributed by atoms with Crippen LogP contribution in [0.15, 0.2) is 105 Å². The lowest BCUT2D eigenvalue weighted by molar-refractivity contribution is 0.583. The fourth-order valence-corrected chi connectivity index (χ4v) is 3.94. The summed E-state index contributed by atoms with van der Waals surface area (Å²) in [5.74, 6) is 0. The summed E-state index contributed by atoms with van der Waals surface area (Å²) in [7, 11) is -7.44. The minimum absolute atomic E-state index is 0.117. The van der Waals surface area contributed by atoms with Gasteiger partial charge in [-0.3, -0.25) is 0 Å². The van der Waals surface area contributed by atoms with Crippen molar-refractivity contribution in [2.45, 2.75) is 9.79 Å². The molecule has 0 bridgehead atoms. The second kappa shape index (κ2) is 9.33. The maximum Gasteiger partial charge on any atom is 0.276 e. The van der Waals surface area contributed by atoms with Crippen LogP contribution in [-0.4, -0.2) is 29.3 Å². The predicted molar refractivity (Wildman–Crippen MR) is 115 cm³/mol. The van der Waals surface area contributed by atoms with E-state index in [2.05, 4.69) is 19.9 Å². The van der Waals surface area contributed by atoms with Gasteiger partial charge in [0.15, 0.2) is 0 Å². The number of rotatable bonds is 8. The summed E-state index contributed by atoms with van der Waals surface area (Å²) in [4.78, 5) is 4.52. The van der Waals surface area contributed by atoms with E-state index >= 15 is 0 Å². The predicted octanol–water partition coefficient (Wildman–Crippen LogP) is 2.31. The highest BCUT2D eigenvalue weighted by Gasteiger charge is 2.11. The number of benzene rings is 3. The van der Waals surface area contributed by atoms with Crippen LogP contribution >= 0.6 is 0 Å². The molecule has 154 valence electrons. The van der Waals surface area contributed by atoms with Crippen molar-refractivity contribution in [2.75, 3.05) is 0 Å². The Morgan fingerprint density at radius 2 is 0.867 bits per heavy atom. The van der Waals surface area contributed by atoms with Crippen LogP contribution in [0.25, 0.3) is 0 Å². The third-order valence-electron chi connectivity index (χ3n) is 3.82. The number of nitrogens with one attached hydrogen (secondary N) is 2. The van der Waals surface area contributed by atoms with Crippen LogP contribution in [0.2, 0.25) is 0 Å². The molecule has 2 N–H and O–H groups in total. The molecule has 8 nitrogen and oxygen atoms in total. The minimum atomic E-state index is -3.72. The number of hydrogen-bond donors (Lipinski definition) is 2. The van der Waals surface area contributed by atoms with E-state index in [0.29, 0.717) is 11.1 Å². The van der Waals surface area contributed by atoms with Crippen molar-refractivity contribution in [3.63, 3.8) is 0 Å². The van der Waals surface area contributed by atoms with Gasteiger partial charge in [0.1, 0.15) is 0 Å². The fourth-order valence-electron chi connectivity index (χ4n) is 2.31. The maximum absolute atomic E-state index is 12.1. The van der Waals surface area contributed by atoms with E-state index in [4.69, 9.17) is 0 Å². The largest absolute Gasteiger partial charge is 0.276 e. The number of hydrazone groups is 2. The van der Waals surface area contributed by atoms with Crippen LogP contribution in [0.1, 0.15) is 11.1 Å². The first-order chi connectivity index (χ1) is 14.4. The van der Waals surface area contributed by atoms with Crippen molar-refractivity contribution in [3.05, 3.63) is 96.1 Å². The molecule has 3 rings (SSSR count). The Hall–Kier alpha value is -3.50. The first kappa shape index (κ1) is 21.2. The van der Waals surface area contributed by atoms with E-state index in [0.717, 1.165) is 0 Å². The van der Waals surface area contributed by atoms with E-state index in [1.807, 2.05) is 0 Å². The monoisotopic (exact) mass is 442 g/mol. The zero-order valence-electron chi connectivity index (χ0n) is 15.6. The normalized spacial score (nSPS) is 12.3. The van der Waals surface area contributed by atoms with Gasteiger partial charge in [0, 0.05) is 0 Å². The van der Waals surface area contributed by atoms with Crippen LogP contribution in [-0.2, 0) is 20.0 Å². The highest BCUT2D eigenvalue weighted by Crippen LogP contribution is 2.08. The molecule has 0 spiro atoms. The summed E-state index contributed by atoms with van der Waals surface area (Å²) < 4.78 is 48.3. The van der Waals surface area contributed by atoms with E-state index in [1.54, 1.807) is 60.7 Å². The van der Waals surface area contributed by atoms with E-state index in [9.17, 15) is 16.8 Å². The van der Waals surface area contributed by atoms with Crippen molar-refractivity contribution < 1.29 is 16.8 Å². The zero-order valence-corrected chi connectivity index (χ0v) is 17.2. The van der Waals surface area contributed by atoms with Gasteiger partial charge in [-0.2, -0.15) is 27.0 Å². The van der Waals surface area contributed by atoms with Crippen LogP contribution in [0.4, 0.5) is 0 Å². The van der Waals surface area contributed by atoms with Gasteiger partial charge in [-0.25, -0.2) is 9.66 Å². The van der Waals surface area contributed by atoms with Gasteiger partial charge in [0.2, 0.25) is 0 Å². The van der Waals surface area contributed by atoms with Crippen LogP contribution in [0.3, 0.4) is 0 Å². The lowest BCUT2D eigenvalue weighted by atomic mass is 10.2. The van der Waals surface area contributed by atoms with E-state index in [-0.39, 0.29) is 9.79 Å². The Morgan fingerprint density at radius 3 is 1.20 bits per heavy atom. The molecule has 0 saturated carbocycles. The molecular formula is C20H18N4O4S2. The number of nitrogens with zero attached hydrogens (tertiary/aromatic N) is 2. The van der Waals surface area contributed by atoms with Gasteiger partial charge < -0.3 is 0 Å². The number of hydrogen-bond acceptors (Lipinski definition) is 6. The molecule has 0 saturated heterocycles. The summed E-state index contributed by atoms with van der Waals surface area (Å²) in [5.41, 5.74) is 1.29. The molecule has 0 unspecified atom stereocenters. The molecule has 0 fully saturated rings. The molecule has 30 heavy (non-hydrogen) atoms. The van der Waals surface area contributed by atoms with Crippen LogP contribution < -0.4 is 9.66 Å². The maximum atomic E-state index is 12.1. The second-order valence-corrected chi connectivity index (χ2v) is 9.32. The Morgan fingerprint density at radius 1 is 0.533 bits per heavy atom. The molecule has 0 amide bonds. The highest BCUT2D eigenvalue weighted by atomic mass is 32.2. The molecule has 0 aliphatic heterocycles. The lowest BCUT2D eigenvalue weighted by Crippen LogP contribution is -2.18. The van der Waals surface area contributed by atoms with Crippen LogP contribution in [0, 0.1) is 0 Å². The first-order valence-corrected chi connectivity index (χ1v) is 11.6. The van der Waals surface area contributed by atoms with Crippen molar-refractivity contribution >= 4 is 32.5 Å². The Bertz CT molecular complexity index is 1140. The average molecular weight is 443 g/mol. The second-order valence-electron chi connectivity index (χ2n) is 6.00. The van der Waals surface area contributed by atoms with Gasteiger partial charge in [-0.15, -0.1) is 0 Å².